The lowest BCUT2D eigenvalue weighted by molar-refractivity contribution is -0.384. The molecule has 0 aliphatic rings. The lowest BCUT2D eigenvalue weighted by atomic mass is 10.2. The molecule has 0 bridgehead atoms. The van der Waals surface area contributed by atoms with Gasteiger partial charge in [-0.2, -0.15) is 10.2 Å². The van der Waals surface area contributed by atoms with Crippen molar-refractivity contribution in [1.82, 2.24) is 19.7 Å². The second-order valence-electron chi connectivity index (χ2n) is 6.57. The van der Waals surface area contributed by atoms with Crippen molar-refractivity contribution in [2.24, 2.45) is 5.10 Å². The third-order valence-electron chi connectivity index (χ3n) is 4.62. The van der Waals surface area contributed by atoms with Crippen LogP contribution in [-0.2, 0) is 0 Å². The number of fused-ring (bicyclic) bond motifs is 1. The SMILES string of the molecule is Cc1nn(-c2ccc([N+](=O)[O-])cc2)c(C)c1C=NNc1nc2ccccc2[nH]c1=O. The highest BCUT2D eigenvalue weighted by Gasteiger charge is 2.13. The molecule has 0 spiro atoms. The van der Waals surface area contributed by atoms with Crippen LogP contribution < -0.4 is 11.0 Å². The van der Waals surface area contributed by atoms with Gasteiger partial charge in [-0.15, -0.1) is 0 Å². The Morgan fingerprint density at radius 1 is 1.17 bits per heavy atom. The number of hydrazone groups is 1. The number of nitrogens with one attached hydrogen (secondary N) is 2. The van der Waals surface area contributed by atoms with Crippen LogP contribution in [0.5, 0.6) is 0 Å². The number of anilines is 1. The van der Waals surface area contributed by atoms with Gasteiger partial charge in [-0.05, 0) is 38.1 Å². The van der Waals surface area contributed by atoms with Crippen LogP contribution in [0.1, 0.15) is 17.0 Å². The average molecular weight is 403 g/mol. The number of benzene rings is 2. The third-order valence-corrected chi connectivity index (χ3v) is 4.62. The van der Waals surface area contributed by atoms with E-state index in [1.807, 2.05) is 26.0 Å². The van der Waals surface area contributed by atoms with E-state index >= 15 is 0 Å². The molecule has 0 aliphatic carbocycles. The normalized spacial score (nSPS) is 11.3. The number of aromatic amines is 1. The number of hydrogen-bond acceptors (Lipinski definition) is 7. The molecule has 10 nitrogen and oxygen atoms in total. The molecule has 10 heteroatoms. The summed E-state index contributed by atoms with van der Waals surface area (Å²) in [7, 11) is 0. The number of rotatable bonds is 5. The number of aryl methyl sites for hydroxylation is 1. The Kier molecular flexibility index (Phi) is 4.80. The predicted molar refractivity (Wildman–Crippen MR) is 113 cm³/mol. The van der Waals surface area contributed by atoms with E-state index in [-0.39, 0.29) is 17.1 Å². The standard InChI is InChI=1S/C20H17N7O3/c1-12-16(13(2)26(25-12)14-7-9-15(10-8-14)27(29)30)11-21-24-19-20(28)23-18-6-4-3-5-17(18)22-19/h3-11H,1-2H3,(H,22,24)(H,23,28). The summed E-state index contributed by atoms with van der Waals surface area (Å²) in [6.45, 7) is 3.70. The molecule has 4 rings (SSSR count). The molecular weight excluding hydrogens is 386 g/mol. The molecule has 0 unspecified atom stereocenters. The van der Waals surface area contributed by atoms with Crippen LogP contribution in [0.25, 0.3) is 16.7 Å². The first kappa shape index (κ1) is 19.0. The molecule has 0 atom stereocenters. The molecule has 2 heterocycles. The quantitative estimate of drug-likeness (QED) is 0.299. The van der Waals surface area contributed by atoms with Crippen molar-refractivity contribution in [1.29, 1.82) is 0 Å². The molecule has 0 saturated heterocycles. The number of para-hydroxylation sites is 2. The summed E-state index contributed by atoms with van der Waals surface area (Å²) in [6.07, 6.45) is 1.57. The highest BCUT2D eigenvalue weighted by Crippen LogP contribution is 2.19. The summed E-state index contributed by atoms with van der Waals surface area (Å²) < 4.78 is 1.68. The van der Waals surface area contributed by atoms with Crippen LogP contribution in [0.15, 0.2) is 58.4 Å². The third kappa shape index (κ3) is 3.53. The summed E-state index contributed by atoms with van der Waals surface area (Å²) in [5, 5.41) is 19.5. The molecule has 2 aromatic heterocycles. The van der Waals surface area contributed by atoms with Gasteiger partial charge in [-0.1, -0.05) is 12.1 Å². The molecule has 0 radical (unpaired) electrons. The maximum Gasteiger partial charge on any atom is 0.293 e. The number of aromatic nitrogens is 4. The second-order valence-corrected chi connectivity index (χ2v) is 6.57. The molecule has 150 valence electrons. The molecular formula is C20H17N7O3. The number of nitro benzene ring substituents is 1. The lowest BCUT2D eigenvalue weighted by Gasteiger charge is -2.04. The number of non-ortho nitro benzene ring substituents is 1. The van der Waals surface area contributed by atoms with Gasteiger partial charge < -0.3 is 4.98 Å². The van der Waals surface area contributed by atoms with Crippen LogP contribution in [0.3, 0.4) is 0 Å². The maximum atomic E-state index is 12.2. The van der Waals surface area contributed by atoms with Crippen LogP contribution in [0, 0.1) is 24.0 Å². The van der Waals surface area contributed by atoms with Crippen molar-refractivity contribution >= 4 is 28.8 Å². The Labute approximate surface area is 170 Å². The van der Waals surface area contributed by atoms with Crippen LogP contribution in [-0.4, -0.2) is 30.9 Å². The van der Waals surface area contributed by atoms with Gasteiger partial charge in [-0.3, -0.25) is 20.3 Å². The Morgan fingerprint density at radius 3 is 2.63 bits per heavy atom. The molecule has 0 saturated carbocycles. The topological polar surface area (TPSA) is 131 Å². The first-order chi connectivity index (χ1) is 14.4. The lowest BCUT2D eigenvalue weighted by Crippen LogP contribution is -2.13. The summed E-state index contributed by atoms with van der Waals surface area (Å²) >= 11 is 0. The highest BCUT2D eigenvalue weighted by atomic mass is 16.6. The molecule has 2 aromatic carbocycles. The van der Waals surface area contributed by atoms with E-state index in [1.54, 1.807) is 35.2 Å². The van der Waals surface area contributed by atoms with Gasteiger partial charge in [0.05, 0.1) is 39.2 Å². The van der Waals surface area contributed by atoms with E-state index in [9.17, 15) is 14.9 Å². The number of nitro groups is 1. The molecule has 30 heavy (non-hydrogen) atoms. The maximum absolute atomic E-state index is 12.2. The van der Waals surface area contributed by atoms with Crippen molar-refractivity contribution in [2.75, 3.05) is 5.43 Å². The minimum atomic E-state index is -0.447. The van der Waals surface area contributed by atoms with Crippen molar-refractivity contribution in [3.8, 4) is 5.69 Å². The monoisotopic (exact) mass is 403 g/mol. The van der Waals surface area contributed by atoms with Crippen molar-refractivity contribution in [2.45, 2.75) is 13.8 Å². The van der Waals surface area contributed by atoms with Gasteiger partial charge in [0, 0.05) is 17.7 Å². The van der Waals surface area contributed by atoms with E-state index in [0.29, 0.717) is 16.7 Å². The summed E-state index contributed by atoms with van der Waals surface area (Å²) in [6, 6.07) is 13.3. The van der Waals surface area contributed by atoms with E-state index < -0.39 is 4.92 Å². The fraction of sp³-hybridized carbons (Fsp3) is 0.100. The summed E-state index contributed by atoms with van der Waals surface area (Å²) in [5.41, 5.74) is 6.59. The fourth-order valence-corrected chi connectivity index (χ4v) is 3.07. The van der Waals surface area contributed by atoms with Gasteiger partial charge in [0.25, 0.3) is 11.2 Å². The first-order valence-electron chi connectivity index (χ1n) is 9.03. The van der Waals surface area contributed by atoms with Crippen LogP contribution >= 0.6 is 0 Å². The number of H-pyrrole nitrogens is 1. The molecule has 0 amide bonds. The van der Waals surface area contributed by atoms with E-state index in [1.165, 1.54) is 12.1 Å². The van der Waals surface area contributed by atoms with E-state index in [4.69, 9.17) is 0 Å². The minimum absolute atomic E-state index is 0.0133. The minimum Gasteiger partial charge on any atom is -0.317 e. The van der Waals surface area contributed by atoms with Crippen LogP contribution in [0.4, 0.5) is 11.5 Å². The average Bonchev–Trinajstić information content (AvgIpc) is 3.02. The highest BCUT2D eigenvalue weighted by molar-refractivity contribution is 5.83. The second kappa shape index (κ2) is 7.59. The molecule has 0 aliphatic heterocycles. The Bertz CT molecular complexity index is 1340. The summed E-state index contributed by atoms with van der Waals surface area (Å²) in [4.78, 5) is 29.6. The zero-order valence-corrected chi connectivity index (χ0v) is 16.2. The largest absolute Gasteiger partial charge is 0.317 e. The number of hydrogen-bond donors (Lipinski definition) is 2. The predicted octanol–water partition coefficient (Wildman–Crippen LogP) is 3.08. The summed E-state index contributed by atoms with van der Waals surface area (Å²) in [5.74, 6) is 0.0861. The smallest absolute Gasteiger partial charge is 0.293 e. The zero-order chi connectivity index (χ0) is 21.3. The van der Waals surface area contributed by atoms with Crippen molar-refractivity contribution in [3.63, 3.8) is 0 Å². The number of nitrogens with zero attached hydrogens (tertiary/aromatic N) is 5. The first-order valence-corrected chi connectivity index (χ1v) is 9.03. The van der Waals surface area contributed by atoms with E-state index in [0.717, 1.165) is 17.0 Å². The Hall–Kier alpha value is -4.34. The van der Waals surface area contributed by atoms with Crippen molar-refractivity contribution in [3.05, 3.63) is 86.0 Å². The van der Waals surface area contributed by atoms with Gasteiger partial charge >= 0.3 is 0 Å². The zero-order valence-electron chi connectivity index (χ0n) is 16.2. The van der Waals surface area contributed by atoms with Gasteiger partial charge in [0.1, 0.15) is 0 Å². The Morgan fingerprint density at radius 2 is 1.90 bits per heavy atom. The van der Waals surface area contributed by atoms with Crippen molar-refractivity contribution < 1.29 is 4.92 Å². The molecule has 2 N–H and O–H groups in total. The molecule has 4 aromatic rings. The van der Waals surface area contributed by atoms with Crippen LogP contribution in [0.2, 0.25) is 0 Å². The molecule has 0 fully saturated rings. The van der Waals surface area contributed by atoms with Gasteiger partial charge in [0.2, 0.25) is 5.82 Å². The Balaban J connectivity index is 1.59. The van der Waals surface area contributed by atoms with E-state index in [2.05, 4.69) is 25.6 Å². The fourth-order valence-electron chi connectivity index (χ4n) is 3.07. The van der Waals surface area contributed by atoms with Gasteiger partial charge in [-0.25, -0.2) is 9.67 Å². The van der Waals surface area contributed by atoms with Gasteiger partial charge in [0.15, 0.2) is 0 Å².